The third-order valence-corrected chi connectivity index (χ3v) is 5.25. The van der Waals surface area contributed by atoms with Gasteiger partial charge in [0.15, 0.2) is 12.4 Å². The Hall–Kier alpha value is -3.88. The fourth-order valence-corrected chi connectivity index (χ4v) is 3.79. The number of likely N-dealkylation sites (tertiary alicyclic amines) is 1. The Balaban J connectivity index is 1.69. The van der Waals surface area contributed by atoms with Crippen LogP contribution in [0.1, 0.15) is 55.0 Å². The van der Waals surface area contributed by atoms with Gasteiger partial charge in [0, 0.05) is 29.8 Å². The molecule has 0 atom stereocenters. The van der Waals surface area contributed by atoms with E-state index in [4.69, 9.17) is 4.74 Å². The zero-order valence-electron chi connectivity index (χ0n) is 15.8. The number of nitrogens with zero attached hydrogens (tertiary/aromatic N) is 2. The Labute approximate surface area is 170 Å². The zero-order chi connectivity index (χ0) is 21.4. The van der Waals surface area contributed by atoms with Crippen molar-refractivity contribution in [2.24, 2.45) is 0 Å². The SMILES string of the molecule is O=C1c2ccccc2C(=O)c2c1ccc(C(=O)OCC(=O)N1CCCC1)c2[N+](=O)[O-]. The van der Waals surface area contributed by atoms with E-state index in [9.17, 15) is 29.3 Å². The lowest BCUT2D eigenvalue weighted by Gasteiger charge is -2.18. The number of benzene rings is 2. The van der Waals surface area contributed by atoms with Gasteiger partial charge in [-0.05, 0) is 25.0 Å². The first kappa shape index (κ1) is 19.4. The summed E-state index contributed by atoms with van der Waals surface area (Å²) >= 11 is 0. The van der Waals surface area contributed by atoms with Crippen LogP contribution in [0.5, 0.6) is 0 Å². The maximum atomic E-state index is 12.9. The van der Waals surface area contributed by atoms with Crippen molar-refractivity contribution in [2.75, 3.05) is 19.7 Å². The standard InChI is InChI=1S/C21H16N2O7/c24-16(22-9-3-4-10-22)11-30-21(27)15-8-7-14-17(18(15)23(28)29)20(26)13-6-2-1-5-12(13)19(14)25/h1-2,5-8H,3-4,9-11H2. The summed E-state index contributed by atoms with van der Waals surface area (Å²) in [5, 5.41) is 11.8. The van der Waals surface area contributed by atoms with Crippen molar-refractivity contribution in [3.8, 4) is 0 Å². The van der Waals surface area contributed by atoms with E-state index in [1.54, 1.807) is 17.0 Å². The first-order chi connectivity index (χ1) is 14.4. The Morgan fingerprint density at radius 1 is 0.967 bits per heavy atom. The molecule has 2 aliphatic rings. The highest BCUT2D eigenvalue weighted by atomic mass is 16.6. The van der Waals surface area contributed by atoms with Crippen LogP contribution in [0, 0.1) is 10.1 Å². The molecule has 4 rings (SSSR count). The molecule has 1 fully saturated rings. The normalized spacial score (nSPS) is 14.9. The zero-order valence-corrected chi connectivity index (χ0v) is 15.8. The summed E-state index contributed by atoms with van der Waals surface area (Å²) in [5.74, 6) is -2.74. The third kappa shape index (κ3) is 3.14. The van der Waals surface area contributed by atoms with Crippen molar-refractivity contribution >= 4 is 29.1 Å². The number of rotatable bonds is 4. The van der Waals surface area contributed by atoms with Gasteiger partial charge in [0.25, 0.3) is 11.6 Å². The van der Waals surface area contributed by atoms with Crippen LogP contribution in [-0.2, 0) is 9.53 Å². The van der Waals surface area contributed by atoms with Crippen LogP contribution in [0.25, 0.3) is 0 Å². The van der Waals surface area contributed by atoms with Crippen LogP contribution in [0.3, 0.4) is 0 Å². The highest BCUT2D eigenvalue weighted by molar-refractivity contribution is 6.30. The minimum absolute atomic E-state index is 0.0350. The first-order valence-corrected chi connectivity index (χ1v) is 9.35. The lowest BCUT2D eigenvalue weighted by Crippen LogP contribution is -2.32. The molecule has 152 valence electrons. The lowest BCUT2D eigenvalue weighted by atomic mass is 9.82. The summed E-state index contributed by atoms with van der Waals surface area (Å²) < 4.78 is 4.98. The predicted molar refractivity (Wildman–Crippen MR) is 102 cm³/mol. The van der Waals surface area contributed by atoms with Gasteiger partial charge in [-0.25, -0.2) is 4.79 Å². The molecule has 1 heterocycles. The average Bonchev–Trinajstić information content (AvgIpc) is 3.29. The smallest absolute Gasteiger partial charge is 0.345 e. The van der Waals surface area contributed by atoms with Gasteiger partial charge in [0.05, 0.1) is 4.92 Å². The highest BCUT2D eigenvalue weighted by Crippen LogP contribution is 2.35. The molecule has 0 N–H and O–H groups in total. The molecule has 9 nitrogen and oxygen atoms in total. The topological polar surface area (TPSA) is 124 Å². The minimum Gasteiger partial charge on any atom is -0.452 e. The van der Waals surface area contributed by atoms with Crippen LogP contribution in [0.15, 0.2) is 36.4 Å². The van der Waals surface area contributed by atoms with Crippen molar-refractivity contribution in [3.05, 3.63) is 74.3 Å². The summed E-state index contributed by atoms with van der Waals surface area (Å²) in [4.78, 5) is 62.7. The van der Waals surface area contributed by atoms with E-state index in [1.807, 2.05) is 0 Å². The summed E-state index contributed by atoms with van der Waals surface area (Å²) in [5.41, 5.74) is -1.67. The van der Waals surface area contributed by atoms with Crippen molar-refractivity contribution < 1.29 is 28.8 Å². The number of carbonyl (C=O) groups is 4. The molecule has 0 unspecified atom stereocenters. The van der Waals surface area contributed by atoms with Gasteiger partial charge in [0.2, 0.25) is 5.78 Å². The maximum Gasteiger partial charge on any atom is 0.345 e. The second-order valence-corrected chi connectivity index (χ2v) is 7.01. The summed E-state index contributed by atoms with van der Waals surface area (Å²) in [7, 11) is 0. The number of ether oxygens (including phenoxy) is 1. The third-order valence-electron chi connectivity index (χ3n) is 5.25. The fraction of sp³-hybridized carbons (Fsp3) is 0.238. The molecule has 2 aromatic rings. The molecule has 0 spiro atoms. The average molecular weight is 408 g/mol. The molecular weight excluding hydrogens is 392 g/mol. The van der Waals surface area contributed by atoms with Crippen molar-refractivity contribution in [1.82, 2.24) is 4.90 Å². The van der Waals surface area contributed by atoms with Gasteiger partial charge in [-0.1, -0.05) is 24.3 Å². The van der Waals surface area contributed by atoms with E-state index in [2.05, 4.69) is 0 Å². The molecule has 0 radical (unpaired) electrons. The molecule has 0 bridgehead atoms. The van der Waals surface area contributed by atoms with E-state index in [-0.39, 0.29) is 22.6 Å². The molecule has 2 aromatic carbocycles. The lowest BCUT2D eigenvalue weighted by molar-refractivity contribution is -0.385. The number of nitro groups is 1. The Morgan fingerprint density at radius 2 is 1.60 bits per heavy atom. The number of amides is 1. The van der Waals surface area contributed by atoms with E-state index in [0.29, 0.717) is 13.1 Å². The number of hydrogen-bond acceptors (Lipinski definition) is 7. The van der Waals surface area contributed by atoms with E-state index in [0.717, 1.165) is 18.9 Å². The molecule has 1 saturated heterocycles. The Morgan fingerprint density at radius 3 is 2.23 bits per heavy atom. The van der Waals surface area contributed by atoms with Crippen molar-refractivity contribution in [1.29, 1.82) is 0 Å². The van der Waals surface area contributed by atoms with Crippen LogP contribution >= 0.6 is 0 Å². The molecule has 9 heteroatoms. The van der Waals surface area contributed by atoms with E-state index in [1.165, 1.54) is 18.2 Å². The van der Waals surface area contributed by atoms with Gasteiger partial charge in [-0.15, -0.1) is 0 Å². The number of ketones is 2. The van der Waals surface area contributed by atoms with E-state index < -0.39 is 45.9 Å². The number of esters is 1. The van der Waals surface area contributed by atoms with Crippen LogP contribution in [0.4, 0.5) is 5.69 Å². The van der Waals surface area contributed by atoms with Gasteiger partial charge in [-0.3, -0.25) is 24.5 Å². The van der Waals surface area contributed by atoms with E-state index >= 15 is 0 Å². The molecular formula is C21H16N2O7. The second kappa shape index (κ2) is 7.51. The molecule has 0 aromatic heterocycles. The largest absolute Gasteiger partial charge is 0.452 e. The van der Waals surface area contributed by atoms with Gasteiger partial charge < -0.3 is 9.64 Å². The van der Waals surface area contributed by atoms with Crippen LogP contribution in [-0.4, -0.2) is 53.0 Å². The second-order valence-electron chi connectivity index (χ2n) is 7.01. The number of fused-ring (bicyclic) bond motifs is 2. The van der Waals surface area contributed by atoms with Crippen LogP contribution < -0.4 is 0 Å². The molecule has 1 amide bonds. The monoisotopic (exact) mass is 408 g/mol. The van der Waals surface area contributed by atoms with Crippen LogP contribution in [0.2, 0.25) is 0 Å². The summed E-state index contributed by atoms with van der Waals surface area (Å²) in [6.45, 7) is 0.597. The fourth-order valence-electron chi connectivity index (χ4n) is 3.79. The number of hydrogen-bond donors (Lipinski definition) is 0. The number of carbonyl (C=O) groups excluding carboxylic acids is 4. The number of nitro benzene ring substituents is 1. The molecule has 30 heavy (non-hydrogen) atoms. The predicted octanol–water partition coefficient (Wildman–Crippen LogP) is 2.15. The van der Waals surface area contributed by atoms with Gasteiger partial charge in [-0.2, -0.15) is 0 Å². The van der Waals surface area contributed by atoms with Crippen molar-refractivity contribution in [2.45, 2.75) is 12.8 Å². The minimum atomic E-state index is -1.10. The Bertz CT molecular complexity index is 1120. The van der Waals surface area contributed by atoms with Crippen molar-refractivity contribution in [3.63, 3.8) is 0 Å². The Kier molecular flexibility index (Phi) is 4.86. The summed E-state index contributed by atoms with van der Waals surface area (Å²) in [6.07, 6.45) is 1.74. The van der Waals surface area contributed by atoms with Gasteiger partial charge in [0.1, 0.15) is 11.1 Å². The molecule has 1 aliphatic carbocycles. The maximum absolute atomic E-state index is 12.9. The first-order valence-electron chi connectivity index (χ1n) is 9.35. The molecule has 1 aliphatic heterocycles. The highest BCUT2D eigenvalue weighted by Gasteiger charge is 2.39. The quantitative estimate of drug-likeness (QED) is 0.368. The van der Waals surface area contributed by atoms with Gasteiger partial charge >= 0.3 is 5.97 Å². The summed E-state index contributed by atoms with van der Waals surface area (Å²) in [6, 6.07) is 8.30. The molecule has 0 saturated carbocycles.